The minimum Gasteiger partial charge on any atom is -0.493 e. The van der Waals surface area contributed by atoms with Crippen LogP contribution in [0.3, 0.4) is 0 Å². The Labute approximate surface area is 183 Å². The first kappa shape index (κ1) is 22.3. The van der Waals surface area contributed by atoms with Gasteiger partial charge in [-0.05, 0) is 19.1 Å². The van der Waals surface area contributed by atoms with Gasteiger partial charge in [0.15, 0.2) is 16.6 Å². The van der Waals surface area contributed by atoms with Gasteiger partial charge in [-0.2, -0.15) is 0 Å². The molecule has 11 heteroatoms. The van der Waals surface area contributed by atoms with Crippen molar-refractivity contribution < 1.29 is 28.6 Å². The highest BCUT2D eigenvalue weighted by Gasteiger charge is 2.32. The van der Waals surface area contributed by atoms with E-state index in [0.717, 1.165) is 0 Å². The molecule has 0 bridgehead atoms. The van der Waals surface area contributed by atoms with Crippen LogP contribution >= 0.6 is 11.3 Å². The second-order valence-electron chi connectivity index (χ2n) is 6.67. The molecular formula is C20H24N4O6S. The lowest BCUT2D eigenvalue weighted by Gasteiger charge is -2.19. The number of urea groups is 1. The standard InChI is InChI=1S/C20H24N4O6S/c1-4-30-18(26)8-13-11-31-20(22-13)23-19(27)21-12-7-17(25)24(10-12)14-5-6-15(28-2)16(9-14)29-3/h5-6,9,11-12H,4,7-8,10H2,1-3H3,(H2,21,22,23,27). The van der Waals surface area contributed by atoms with Gasteiger partial charge in [-0.15, -0.1) is 11.3 Å². The maximum Gasteiger partial charge on any atom is 0.321 e. The summed E-state index contributed by atoms with van der Waals surface area (Å²) in [5.41, 5.74) is 1.19. The molecule has 1 aliphatic heterocycles. The topological polar surface area (TPSA) is 119 Å². The van der Waals surface area contributed by atoms with Gasteiger partial charge < -0.3 is 24.4 Å². The number of methoxy groups -OCH3 is 2. The summed E-state index contributed by atoms with van der Waals surface area (Å²) in [6.07, 6.45) is 0.221. The largest absolute Gasteiger partial charge is 0.493 e. The zero-order valence-corrected chi connectivity index (χ0v) is 18.3. The van der Waals surface area contributed by atoms with E-state index in [1.165, 1.54) is 18.4 Å². The summed E-state index contributed by atoms with van der Waals surface area (Å²) in [5.74, 6) is 0.606. The van der Waals surface area contributed by atoms with Crippen LogP contribution in [0.15, 0.2) is 23.6 Å². The summed E-state index contributed by atoms with van der Waals surface area (Å²) in [4.78, 5) is 42.1. The number of carbonyl (C=O) groups is 3. The van der Waals surface area contributed by atoms with Crippen LogP contribution in [0.2, 0.25) is 0 Å². The molecule has 0 spiro atoms. The number of nitrogens with one attached hydrogen (secondary N) is 2. The Morgan fingerprint density at radius 2 is 2.03 bits per heavy atom. The van der Waals surface area contributed by atoms with Crippen LogP contribution in [-0.4, -0.2) is 56.3 Å². The van der Waals surface area contributed by atoms with Gasteiger partial charge in [0.25, 0.3) is 0 Å². The van der Waals surface area contributed by atoms with E-state index in [4.69, 9.17) is 14.2 Å². The van der Waals surface area contributed by atoms with Crippen molar-refractivity contribution in [1.29, 1.82) is 0 Å². The fraction of sp³-hybridized carbons (Fsp3) is 0.400. The van der Waals surface area contributed by atoms with Crippen molar-refractivity contribution in [2.75, 3.05) is 37.6 Å². The average molecular weight is 449 g/mol. The third-order valence-corrected chi connectivity index (χ3v) is 5.35. The Balaban J connectivity index is 1.56. The van der Waals surface area contributed by atoms with Crippen molar-refractivity contribution in [3.63, 3.8) is 0 Å². The van der Waals surface area contributed by atoms with E-state index in [2.05, 4.69) is 15.6 Å². The summed E-state index contributed by atoms with van der Waals surface area (Å²) in [6, 6.07) is 4.39. The summed E-state index contributed by atoms with van der Waals surface area (Å²) in [6.45, 7) is 2.36. The first-order chi connectivity index (χ1) is 14.9. The van der Waals surface area contributed by atoms with Crippen LogP contribution in [-0.2, 0) is 20.7 Å². The number of benzene rings is 1. The number of aromatic nitrogens is 1. The third kappa shape index (κ3) is 5.63. The van der Waals surface area contributed by atoms with Gasteiger partial charge in [-0.1, -0.05) is 0 Å². The maximum absolute atomic E-state index is 12.5. The average Bonchev–Trinajstić information content (AvgIpc) is 3.33. The lowest BCUT2D eigenvalue weighted by atomic mass is 10.2. The summed E-state index contributed by atoms with van der Waals surface area (Å²) >= 11 is 1.21. The fourth-order valence-electron chi connectivity index (χ4n) is 3.17. The van der Waals surface area contributed by atoms with E-state index < -0.39 is 6.03 Å². The van der Waals surface area contributed by atoms with Crippen molar-refractivity contribution in [3.8, 4) is 11.5 Å². The van der Waals surface area contributed by atoms with Crippen molar-refractivity contribution in [2.45, 2.75) is 25.8 Å². The molecule has 3 rings (SSSR count). The molecule has 1 aliphatic rings. The SMILES string of the molecule is CCOC(=O)Cc1csc(NC(=O)NC2CC(=O)N(c3ccc(OC)c(OC)c3)C2)n1. The molecule has 2 aromatic rings. The second-order valence-corrected chi connectivity index (χ2v) is 7.53. The second kappa shape index (κ2) is 10.1. The minimum absolute atomic E-state index is 0.0467. The summed E-state index contributed by atoms with van der Waals surface area (Å²) in [7, 11) is 3.07. The number of carbonyl (C=O) groups excluding carboxylic acids is 3. The van der Waals surface area contributed by atoms with Gasteiger partial charge in [0, 0.05) is 30.1 Å². The van der Waals surface area contributed by atoms with Gasteiger partial charge in [0.2, 0.25) is 5.91 Å². The molecule has 10 nitrogen and oxygen atoms in total. The van der Waals surface area contributed by atoms with E-state index in [1.54, 1.807) is 42.5 Å². The summed E-state index contributed by atoms with van der Waals surface area (Å²) in [5, 5.41) is 7.47. The van der Waals surface area contributed by atoms with Crippen LogP contribution < -0.4 is 25.0 Å². The lowest BCUT2D eigenvalue weighted by Crippen LogP contribution is -2.39. The molecule has 1 saturated heterocycles. The van der Waals surface area contributed by atoms with Crippen molar-refractivity contribution in [1.82, 2.24) is 10.3 Å². The zero-order valence-electron chi connectivity index (χ0n) is 17.5. The van der Waals surface area contributed by atoms with Gasteiger partial charge >= 0.3 is 12.0 Å². The monoisotopic (exact) mass is 448 g/mol. The molecule has 0 saturated carbocycles. The molecule has 1 aromatic carbocycles. The first-order valence-corrected chi connectivity index (χ1v) is 10.5. The predicted octanol–water partition coefficient (Wildman–Crippen LogP) is 2.19. The Kier molecular flexibility index (Phi) is 7.29. The number of esters is 1. The number of ether oxygens (including phenoxy) is 3. The molecule has 0 aliphatic carbocycles. The van der Waals surface area contributed by atoms with Crippen LogP contribution in [0.1, 0.15) is 19.0 Å². The van der Waals surface area contributed by atoms with Crippen molar-refractivity contribution in [2.24, 2.45) is 0 Å². The number of thiazole rings is 1. The van der Waals surface area contributed by atoms with Crippen molar-refractivity contribution in [3.05, 3.63) is 29.3 Å². The molecule has 2 N–H and O–H groups in total. The third-order valence-electron chi connectivity index (χ3n) is 4.54. The Hall–Kier alpha value is -3.34. The predicted molar refractivity (Wildman–Crippen MR) is 115 cm³/mol. The van der Waals surface area contributed by atoms with E-state index in [9.17, 15) is 14.4 Å². The van der Waals surface area contributed by atoms with E-state index in [-0.39, 0.29) is 30.8 Å². The molecule has 1 aromatic heterocycles. The zero-order chi connectivity index (χ0) is 22.4. The van der Waals surface area contributed by atoms with Crippen LogP contribution in [0.4, 0.5) is 15.6 Å². The lowest BCUT2D eigenvalue weighted by molar-refractivity contribution is -0.142. The van der Waals surface area contributed by atoms with Crippen LogP contribution in [0.25, 0.3) is 0 Å². The normalized spacial score (nSPS) is 15.5. The smallest absolute Gasteiger partial charge is 0.321 e. The van der Waals surface area contributed by atoms with Gasteiger partial charge in [-0.25, -0.2) is 9.78 Å². The van der Waals surface area contributed by atoms with Gasteiger partial charge in [-0.3, -0.25) is 14.9 Å². The number of hydrogen-bond donors (Lipinski definition) is 2. The highest BCUT2D eigenvalue weighted by molar-refractivity contribution is 7.13. The molecule has 31 heavy (non-hydrogen) atoms. The molecule has 2 heterocycles. The molecule has 1 unspecified atom stereocenters. The number of rotatable bonds is 8. The quantitative estimate of drug-likeness (QED) is 0.594. The molecule has 1 atom stereocenters. The molecule has 1 fully saturated rings. The fourth-order valence-corrected chi connectivity index (χ4v) is 3.88. The Morgan fingerprint density at radius 3 is 2.74 bits per heavy atom. The molecule has 3 amide bonds. The molecule has 166 valence electrons. The van der Waals surface area contributed by atoms with Gasteiger partial charge in [0.1, 0.15) is 0 Å². The molecule has 0 radical (unpaired) electrons. The van der Waals surface area contributed by atoms with Crippen molar-refractivity contribution >= 4 is 40.1 Å². The van der Waals surface area contributed by atoms with E-state index in [1.807, 2.05) is 0 Å². The van der Waals surface area contributed by atoms with E-state index >= 15 is 0 Å². The van der Waals surface area contributed by atoms with Crippen LogP contribution in [0, 0.1) is 0 Å². The highest BCUT2D eigenvalue weighted by Crippen LogP contribution is 2.33. The van der Waals surface area contributed by atoms with Crippen LogP contribution in [0.5, 0.6) is 11.5 Å². The molecular weight excluding hydrogens is 424 g/mol. The summed E-state index contributed by atoms with van der Waals surface area (Å²) < 4.78 is 15.4. The van der Waals surface area contributed by atoms with E-state index in [0.29, 0.717) is 41.2 Å². The van der Waals surface area contributed by atoms with Gasteiger partial charge in [0.05, 0.1) is 39.0 Å². The number of hydrogen-bond acceptors (Lipinski definition) is 8. The maximum atomic E-state index is 12.5. The first-order valence-electron chi connectivity index (χ1n) is 9.63. The Bertz CT molecular complexity index is 963. The minimum atomic E-state index is -0.469. The Morgan fingerprint density at radius 1 is 1.26 bits per heavy atom. The number of amides is 3. The highest BCUT2D eigenvalue weighted by atomic mass is 32.1. The number of anilines is 2. The number of nitrogens with zero attached hydrogens (tertiary/aromatic N) is 2.